The minimum absolute atomic E-state index is 0.0582. The molecule has 2 aromatic heterocycles. The summed E-state index contributed by atoms with van der Waals surface area (Å²) in [5.41, 5.74) is 4.79. The van der Waals surface area contributed by atoms with Crippen LogP contribution < -0.4 is 0 Å². The monoisotopic (exact) mass is 504 g/mol. The molecule has 5 rings (SSSR count). The van der Waals surface area contributed by atoms with Gasteiger partial charge in [0.05, 0.1) is 24.0 Å². The highest BCUT2D eigenvalue weighted by Gasteiger charge is 2.39. The van der Waals surface area contributed by atoms with Crippen LogP contribution >= 0.6 is 11.3 Å². The second-order valence-corrected chi connectivity index (χ2v) is 17.5. The van der Waals surface area contributed by atoms with Gasteiger partial charge in [-0.2, -0.15) is 0 Å². The Labute approximate surface area is 210 Å². The smallest absolute Gasteiger partial charge is 0.235 e. The van der Waals surface area contributed by atoms with Crippen LogP contribution in [0.3, 0.4) is 0 Å². The van der Waals surface area contributed by atoms with Crippen LogP contribution in [0, 0.1) is 6.92 Å². The lowest BCUT2D eigenvalue weighted by molar-refractivity contribution is 0.0156. The molecule has 0 radical (unpaired) electrons. The third-order valence-electron chi connectivity index (χ3n) is 6.60. The van der Waals surface area contributed by atoms with Crippen LogP contribution in [0.2, 0.25) is 25.7 Å². The molecule has 5 aromatic rings. The first-order chi connectivity index (χ1) is 16.5. The minimum atomic E-state index is -2.84. The Hall–Kier alpha value is -2.70. The predicted molar refractivity (Wildman–Crippen MR) is 149 cm³/mol. The molecule has 2 heterocycles. The number of hydrogen-bond acceptors (Lipinski definition) is 3. The number of benzene rings is 3. The van der Waals surface area contributed by atoms with Gasteiger partial charge in [-0.1, -0.05) is 69.9 Å². The van der Waals surface area contributed by atoms with E-state index in [-0.39, 0.29) is 11.6 Å². The van der Waals surface area contributed by atoms with Gasteiger partial charge in [0.1, 0.15) is 6.33 Å². The molecular weight excluding hydrogens is 474 g/mol. The summed E-state index contributed by atoms with van der Waals surface area (Å²) in [7, 11) is -1.96. The maximum atomic E-state index is 15.3. The standard InChI is InChI=1S/C29H30F2N2SSi/c1-17(2)23-14-20(13-19-9-7-8-10-21(19)23)25-28-26(33-16-32-25)22-11-12-24(18(3)27(22)34-28)29(30,31)15-35(4,5)6/h7-14,16-17H,15H2,1-6H3. The number of alkyl halides is 2. The highest BCUT2D eigenvalue weighted by atomic mass is 32.1. The van der Waals surface area contributed by atoms with Gasteiger partial charge in [-0.05, 0) is 46.9 Å². The molecule has 0 spiro atoms. The molecule has 0 saturated carbocycles. The molecule has 0 aliphatic carbocycles. The normalized spacial score (nSPS) is 12.9. The quantitative estimate of drug-likeness (QED) is 0.223. The molecule has 0 aliphatic heterocycles. The molecule has 3 aromatic carbocycles. The first-order valence-electron chi connectivity index (χ1n) is 12.0. The maximum absolute atomic E-state index is 15.3. The van der Waals surface area contributed by atoms with Crippen molar-refractivity contribution in [3.05, 3.63) is 71.5 Å². The third-order valence-corrected chi connectivity index (χ3v) is 9.43. The van der Waals surface area contributed by atoms with Gasteiger partial charge in [0, 0.05) is 27.3 Å². The fraction of sp³-hybridized carbons (Fsp3) is 0.310. The summed E-state index contributed by atoms with van der Waals surface area (Å²) >= 11 is 1.53. The molecule has 0 aliphatic rings. The van der Waals surface area contributed by atoms with Gasteiger partial charge in [0.15, 0.2) is 0 Å². The number of aryl methyl sites for hydroxylation is 1. The fourth-order valence-corrected chi connectivity index (χ4v) is 7.88. The van der Waals surface area contributed by atoms with Gasteiger partial charge in [-0.3, -0.25) is 0 Å². The Morgan fingerprint density at radius 3 is 2.40 bits per heavy atom. The molecule has 180 valence electrons. The van der Waals surface area contributed by atoms with Crippen molar-refractivity contribution in [1.29, 1.82) is 0 Å². The van der Waals surface area contributed by atoms with E-state index in [2.05, 4.69) is 60.2 Å². The zero-order valence-electron chi connectivity index (χ0n) is 21.0. The van der Waals surface area contributed by atoms with Crippen molar-refractivity contribution in [2.24, 2.45) is 0 Å². The Kier molecular flexibility index (Phi) is 5.80. The number of hydrogen-bond donors (Lipinski definition) is 0. The van der Waals surface area contributed by atoms with Crippen molar-refractivity contribution in [2.45, 2.75) is 58.3 Å². The molecule has 0 unspecified atom stereocenters. The van der Waals surface area contributed by atoms with E-state index in [1.54, 1.807) is 12.4 Å². The molecule has 0 bridgehead atoms. The van der Waals surface area contributed by atoms with Gasteiger partial charge in [-0.25, -0.2) is 18.7 Å². The Bertz CT molecular complexity index is 1580. The predicted octanol–water partition coefficient (Wildman–Crippen LogP) is 9.53. The van der Waals surface area contributed by atoms with E-state index in [0.717, 1.165) is 31.6 Å². The summed E-state index contributed by atoms with van der Waals surface area (Å²) in [6.07, 6.45) is 1.59. The van der Waals surface area contributed by atoms with Crippen LogP contribution in [0.15, 0.2) is 54.9 Å². The van der Waals surface area contributed by atoms with E-state index in [1.165, 1.54) is 27.7 Å². The Morgan fingerprint density at radius 1 is 0.943 bits per heavy atom. The number of aromatic nitrogens is 2. The minimum Gasteiger partial charge on any atom is -0.235 e. The fourth-order valence-electron chi connectivity index (χ4n) is 5.09. The van der Waals surface area contributed by atoms with Crippen molar-refractivity contribution in [2.75, 3.05) is 0 Å². The first-order valence-corrected chi connectivity index (χ1v) is 16.6. The number of thiophene rings is 1. The van der Waals surface area contributed by atoms with Gasteiger partial charge in [0.25, 0.3) is 5.92 Å². The molecule has 2 nitrogen and oxygen atoms in total. The average Bonchev–Trinajstić information content (AvgIpc) is 3.16. The molecule has 35 heavy (non-hydrogen) atoms. The third kappa shape index (κ3) is 4.27. The maximum Gasteiger partial charge on any atom is 0.271 e. The lowest BCUT2D eigenvalue weighted by atomic mass is 9.92. The van der Waals surface area contributed by atoms with Crippen LogP contribution in [0.4, 0.5) is 8.78 Å². The SMILES string of the molecule is Cc1c(C(F)(F)C[Si](C)(C)C)ccc2c1sc1c(-c3cc(C(C)C)c4ccccc4c3)ncnc12. The second kappa shape index (κ2) is 8.45. The summed E-state index contributed by atoms with van der Waals surface area (Å²) in [5, 5.41) is 3.34. The van der Waals surface area contributed by atoms with E-state index in [1.807, 2.05) is 32.6 Å². The molecule has 0 saturated heterocycles. The van der Waals surface area contributed by atoms with E-state index in [0.29, 0.717) is 11.5 Å². The van der Waals surface area contributed by atoms with Crippen LogP contribution in [-0.4, -0.2) is 18.0 Å². The summed E-state index contributed by atoms with van der Waals surface area (Å²) in [6.45, 7) is 12.2. The second-order valence-electron chi connectivity index (χ2n) is 11.0. The number of fused-ring (bicyclic) bond motifs is 4. The highest BCUT2D eigenvalue weighted by Crippen LogP contribution is 2.45. The number of rotatable bonds is 5. The lowest BCUT2D eigenvalue weighted by Crippen LogP contribution is -2.30. The molecule has 6 heteroatoms. The van der Waals surface area contributed by atoms with Crippen LogP contribution in [-0.2, 0) is 5.92 Å². The number of halogens is 2. The van der Waals surface area contributed by atoms with Gasteiger partial charge in [-0.15, -0.1) is 11.3 Å². The molecule has 0 N–H and O–H groups in total. The van der Waals surface area contributed by atoms with Crippen molar-refractivity contribution in [3.8, 4) is 11.3 Å². The zero-order valence-corrected chi connectivity index (χ0v) is 22.9. The largest absolute Gasteiger partial charge is 0.271 e. The van der Waals surface area contributed by atoms with Gasteiger partial charge >= 0.3 is 0 Å². The van der Waals surface area contributed by atoms with Crippen molar-refractivity contribution >= 4 is 50.5 Å². The average molecular weight is 505 g/mol. The number of nitrogens with zero attached hydrogens (tertiary/aromatic N) is 2. The van der Waals surface area contributed by atoms with Crippen LogP contribution in [0.5, 0.6) is 0 Å². The van der Waals surface area contributed by atoms with Gasteiger partial charge < -0.3 is 0 Å². The first kappa shape index (κ1) is 24.0. The molecule has 0 atom stereocenters. The summed E-state index contributed by atoms with van der Waals surface area (Å²) in [6, 6.07) is 16.2. The Morgan fingerprint density at radius 2 is 1.69 bits per heavy atom. The van der Waals surface area contributed by atoms with Crippen molar-refractivity contribution in [1.82, 2.24) is 9.97 Å². The zero-order chi connectivity index (χ0) is 25.1. The summed E-state index contributed by atoms with van der Waals surface area (Å²) in [4.78, 5) is 9.27. The van der Waals surface area contributed by atoms with Gasteiger partial charge in [0.2, 0.25) is 0 Å². The van der Waals surface area contributed by atoms with Crippen LogP contribution in [0.1, 0.15) is 36.5 Å². The lowest BCUT2D eigenvalue weighted by Gasteiger charge is -2.26. The summed E-state index contributed by atoms with van der Waals surface area (Å²) in [5.74, 6) is -2.48. The van der Waals surface area contributed by atoms with Crippen molar-refractivity contribution in [3.63, 3.8) is 0 Å². The van der Waals surface area contributed by atoms with E-state index in [9.17, 15) is 0 Å². The van der Waals surface area contributed by atoms with E-state index < -0.39 is 14.0 Å². The topological polar surface area (TPSA) is 25.8 Å². The molecular formula is C29H30F2N2SSi. The van der Waals surface area contributed by atoms with Crippen LogP contribution in [0.25, 0.3) is 42.3 Å². The highest BCUT2D eigenvalue weighted by molar-refractivity contribution is 7.26. The summed E-state index contributed by atoms with van der Waals surface area (Å²) < 4.78 is 32.5. The van der Waals surface area contributed by atoms with Crippen molar-refractivity contribution < 1.29 is 8.78 Å². The Balaban J connectivity index is 1.74. The van der Waals surface area contributed by atoms with E-state index >= 15 is 8.78 Å². The van der Waals surface area contributed by atoms with E-state index in [4.69, 9.17) is 0 Å². The molecule has 0 fully saturated rings. The molecule has 0 amide bonds.